The number of aryl methyl sites for hydroxylation is 1. The average molecular weight is 394 g/mol. The fraction of sp³-hybridized carbons (Fsp3) is 0.222. The van der Waals surface area contributed by atoms with Crippen molar-refractivity contribution in [3.8, 4) is 0 Å². The van der Waals surface area contributed by atoms with Crippen molar-refractivity contribution in [2.75, 3.05) is 10.6 Å². The molecular formula is C18H17Cl2N3O3. The van der Waals surface area contributed by atoms with Crippen molar-refractivity contribution in [1.82, 2.24) is 5.32 Å². The lowest BCUT2D eigenvalue weighted by molar-refractivity contribution is -0.138. The van der Waals surface area contributed by atoms with Gasteiger partial charge in [-0.3, -0.25) is 0 Å². The van der Waals surface area contributed by atoms with E-state index in [1.165, 1.54) is 0 Å². The van der Waals surface area contributed by atoms with E-state index in [0.717, 1.165) is 5.56 Å². The number of anilines is 2. The number of nitrogens with one attached hydrogen (secondary N) is 3. The highest BCUT2D eigenvalue weighted by atomic mass is 35.5. The van der Waals surface area contributed by atoms with Gasteiger partial charge in [0, 0.05) is 33.4 Å². The Balaban J connectivity index is 1.84. The van der Waals surface area contributed by atoms with E-state index in [0.29, 0.717) is 27.0 Å². The number of aliphatic carboxylic acids is 1. The van der Waals surface area contributed by atoms with Gasteiger partial charge in [-0.25, -0.2) is 9.59 Å². The Morgan fingerprint density at radius 1 is 1.23 bits per heavy atom. The molecule has 0 saturated heterocycles. The second kappa shape index (κ2) is 7.43. The SMILES string of the molecule is Cc1cccc(NC(=O)NC2CC(C(=O)O)Nc3cc(Cl)cc(Cl)c32)c1. The van der Waals surface area contributed by atoms with Crippen molar-refractivity contribution in [2.24, 2.45) is 0 Å². The standard InChI is InChI=1S/C18H17Cl2N3O3/c1-9-3-2-4-11(5-9)21-18(26)23-14-8-15(17(24)25)22-13-7-10(19)6-12(20)16(13)14/h2-7,14-15,22H,8H2,1H3,(H,24,25)(H2,21,23,26). The van der Waals surface area contributed by atoms with Crippen molar-refractivity contribution in [3.05, 3.63) is 57.6 Å². The lowest BCUT2D eigenvalue weighted by Gasteiger charge is -2.32. The zero-order chi connectivity index (χ0) is 18.8. The number of carbonyl (C=O) groups excluding carboxylic acids is 1. The van der Waals surface area contributed by atoms with Crippen molar-refractivity contribution in [2.45, 2.75) is 25.4 Å². The number of fused-ring (bicyclic) bond motifs is 1. The molecule has 0 saturated carbocycles. The molecule has 1 aliphatic rings. The minimum atomic E-state index is -1.02. The number of halogens is 2. The molecule has 2 amide bonds. The highest BCUT2D eigenvalue weighted by Crippen LogP contribution is 2.39. The molecule has 4 N–H and O–H groups in total. The molecular weight excluding hydrogens is 377 g/mol. The van der Waals surface area contributed by atoms with Crippen LogP contribution in [-0.2, 0) is 4.79 Å². The van der Waals surface area contributed by atoms with Crippen LogP contribution in [0.25, 0.3) is 0 Å². The topological polar surface area (TPSA) is 90.5 Å². The van der Waals surface area contributed by atoms with Gasteiger partial charge in [-0.15, -0.1) is 0 Å². The second-order valence-corrected chi connectivity index (χ2v) is 6.98. The Bertz CT molecular complexity index is 873. The summed E-state index contributed by atoms with van der Waals surface area (Å²) in [6, 6.07) is 8.67. The van der Waals surface area contributed by atoms with E-state index in [1.54, 1.807) is 18.2 Å². The molecule has 2 aromatic rings. The smallest absolute Gasteiger partial charge is 0.326 e. The number of carboxylic acid groups (broad SMARTS) is 1. The molecule has 2 atom stereocenters. The van der Waals surface area contributed by atoms with E-state index < -0.39 is 24.1 Å². The normalized spacial score (nSPS) is 18.4. The van der Waals surface area contributed by atoms with Crippen LogP contribution in [0.5, 0.6) is 0 Å². The Hall–Kier alpha value is -2.44. The summed E-state index contributed by atoms with van der Waals surface area (Å²) in [5, 5.41) is 18.6. The van der Waals surface area contributed by atoms with Gasteiger partial charge in [0.1, 0.15) is 6.04 Å². The van der Waals surface area contributed by atoms with Crippen LogP contribution in [0.4, 0.5) is 16.2 Å². The Morgan fingerprint density at radius 3 is 2.69 bits per heavy atom. The molecule has 0 aliphatic carbocycles. The highest BCUT2D eigenvalue weighted by Gasteiger charge is 2.33. The molecule has 1 aliphatic heterocycles. The molecule has 2 aromatic carbocycles. The Morgan fingerprint density at radius 2 is 2.00 bits per heavy atom. The lowest BCUT2D eigenvalue weighted by atomic mass is 9.93. The molecule has 26 heavy (non-hydrogen) atoms. The van der Waals surface area contributed by atoms with Crippen LogP contribution in [0.2, 0.25) is 10.0 Å². The molecule has 1 heterocycles. The summed E-state index contributed by atoms with van der Waals surface area (Å²) in [5.41, 5.74) is 2.78. The van der Waals surface area contributed by atoms with E-state index in [4.69, 9.17) is 23.2 Å². The molecule has 0 bridgehead atoms. The first-order valence-corrected chi connectivity index (χ1v) is 8.71. The molecule has 6 nitrogen and oxygen atoms in total. The maximum absolute atomic E-state index is 12.4. The number of amides is 2. The first-order chi connectivity index (χ1) is 12.3. The predicted octanol–water partition coefficient (Wildman–Crippen LogP) is 4.43. The zero-order valence-corrected chi connectivity index (χ0v) is 15.4. The van der Waals surface area contributed by atoms with E-state index in [1.807, 2.05) is 25.1 Å². The number of hydrogen-bond donors (Lipinski definition) is 4. The van der Waals surface area contributed by atoms with Crippen LogP contribution in [0, 0.1) is 6.92 Å². The van der Waals surface area contributed by atoms with E-state index in [-0.39, 0.29) is 6.42 Å². The van der Waals surface area contributed by atoms with E-state index in [2.05, 4.69) is 16.0 Å². The van der Waals surface area contributed by atoms with Crippen LogP contribution in [0.3, 0.4) is 0 Å². The van der Waals surface area contributed by atoms with Gasteiger partial charge < -0.3 is 21.1 Å². The first-order valence-electron chi connectivity index (χ1n) is 7.96. The molecule has 0 fully saturated rings. The summed E-state index contributed by atoms with van der Waals surface area (Å²) < 4.78 is 0. The summed E-state index contributed by atoms with van der Waals surface area (Å²) in [6.45, 7) is 1.92. The molecule has 2 unspecified atom stereocenters. The van der Waals surface area contributed by atoms with Gasteiger partial charge >= 0.3 is 12.0 Å². The van der Waals surface area contributed by atoms with Crippen LogP contribution in [-0.4, -0.2) is 23.1 Å². The second-order valence-electron chi connectivity index (χ2n) is 6.14. The van der Waals surface area contributed by atoms with Gasteiger partial charge in [0.05, 0.1) is 6.04 Å². The largest absolute Gasteiger partial charge is 0.480 e. The number of carboxylic acids is 1. The number of hydrogen-bond acceptors (Lipinski definition) is 3. The average Bonchev–Trinajstić information content (AvgIpc) is 2.53. The fourth-order valence-electron chi connectivity index (χ4n) is 3.00. The molecule has 0 radical (unpaired) electrons. The van der Waals surface area contributed by atoms with Crippen molar-refractivity contribution in [3.63, 3.8) is 0 Å². The summed E-state index contributed by atoms with van der Waals surface area (Å²) in [7, 11) is 0. The minimum Gasteiger partial charge on any atom is -0.480 e. The first kappa shape index (κ1) is 18.4. The third-order valence-electron chi connectivity index (χ3n) is 4.12. The van der Waals surface area contributed by atoms with Crippen LogP contribution in [0.1, 0.15) is 23.6 Å². The number of rotatable bonds is 3. The number of urea groups is 1. The molecule has 3 rings (SSSR count). The molecule has 8 heteroatoms. The quantitative estimate of drug-likeness (QED) is 0.620. The number of benzene rings is 2. The molecule has 136 valence electrons. The maximum atomic E-state index is 12.4. The van der Waals surface area contributed by atoms with Gasteiger partial charge in [0.2, 0.25) is 0 Å². The maximum Gasteiger partial charge on any atom is 0.326 e. The van der Waals surface area contributed by atoms with Gasteiger partial charge in [-0.1, -0.05) is 35.3 Å². The van der Waals surface area contributed by atoms with Crippen molar-refractivity contribution < 1.29 is 14.7 Å². The fourth-order valence-corrected chi connectivity index (χ4v) is 3.63. The zero-order valence-electron chi connectivity index (χ0n) is 13.8. The molecule has 0 aromatic heterocycles. The van der Waals surface area contributed by atoms with Crippen LogP contribution < -0.4 is 16.0 Å². The van der Waals surface area contributed by atoms with Gasteiger partial charge in [-0.2, -0.15) is 0 Å². The van der Waals surface area contributed by atoms with Gasteiger partial charge in [-0.05, 0) is 36.8 Å². The van der Waals surface area contributed by atoms with E-state index >= 15 is 0 Å². The Labute approximate surface area is 160 Å². The number of carbonyl (C=O) groups is 2. The summed E-state index contributed by atoms with van der Waals surface area (Å²) >= 11 is 12.3. The minimum absolute atomic E-state index is 0.158. The highest BCUT2D eigenvalue weighted by molar-refractivity contribution is 6.35. The van der Waals surface area contributed by atoms with Crippen LogP contribution >= 0.6 is 23.2 Å². The summed E-state index contributed by atoms with van der Waals surface area (Å²) in [6.07, 6.45) is 0.158. The summed E-state index contributed by atoms with van der Waals surface area (Å²) in [4.78, 5) is 23.8. The summed E-state index contributed by atoms with van der Waals surface area (Å²) in [5.74, 6) is -1.02. The lowest BCUT2D eigenvalue weighted by Crippen LogP contribution is -2.42. The van der Waals surface area contributed by atoms with Gasteiger partial charge in [0.15, 0.2) is 0 Å². The monoisotopic (exact) mass is 393 g/mol. The van der Waals surface area contributed by atoms with Crippen molar-refractivity contribution >= 4 is 46.6 Å². The van der Waals surface area contributed by atoms with E-state index in [9.17, 15) is 14.7 Å². The van der Waals surface area contributed by atoms with Gasteiger partial charge in [0.25, 0.3) is 0 Å². The third-order valence-corrected chi connectivity index (χ3v) is 4.65. The van der Waals surface area contributed by atoms with Crippen LogP contribution in [0.15, 0.2) is 36.4 Å². The van der Waals surface area contributed by atoms with Crippen molar-refractivity contribution in [1.29, 1.82) is 0 Å². The predicted molar refractivity (Wildman–Crippen MR) is 102 cm³/mol. The molecule has 0 spiro atoms. The third kappa shape index (κ3) is 4.03. The Kier molecular flexibility index (Phi) is 5.25.